The third-order valence-electron chi connectivity index (χ3n) is 2.88. The molecule has 0 radical (unpaired) electrons. The predicted octanol–water partition coefficient (Wildman–Crippen LogP) is 2.75. The van der Waals surface area contributed by atoms with E-state index >= 15 is 0 Å². The number of anilines is 3. The fourth-order valence-electron chi connectivity index (χ4n) is 1.78. The predicted molar refractivity (Wildman–Crippen MR) is 81.3 cm³/mol. The maximum absolute atomic E-state index is 11.2. The summed E-state index contributed by atoms with van der Waals surface area (Å²) < 4.78 is 4.61. The van der Waals surface area contributed by atoms with Crippen LogP contribution in [0.1, 0.15) is 18.2 Å². The van der Waals surface area contributed by atoms with Crippen molar-refractivity contribution in [1.82, 2.24) is 4.98 Å². The van der Waals surface area contributed by atoms with Gasteiger partial charge in [-0.2, -0.15) is 0 Å². The molecule has 2 aromatic rings. The number of hydrogen-bond acceptors (Lipinski definition) is 6. The average Bonchev–Trinajstić information content (AvgIpc) is 2.86. The van der Waals surface area contributed by atoms with E-state index in [0.29, 0.717) is 5.69 Å². The second-order valence-electron chi connectivity index (χ2n) is 4.29. The van der Waals surface area contributed by atoms with E-state index in [1.54, 1.807) is 0 Å². The van der Waals surface area contributed by atoms with E-state index in [9.17, 15) is 4.79 Å². The van der Waals surface area contributed by atoms with Crippen molar-refractivity contribution in [3.8, 4) is 0 Å². The third kappa shape index (κ3) is 3.48. The summed E-state index contributed by atoms with van der Waals surface area (Å²) in [7, 11) is 1.37. The van der Waals surface area contributed by atoms with Crippen molar-refractivity contribution in [2.45, 2.75) is 19.8 Å². The van der Waals surface area contributed by atoms with Crippen molar-refractivity contribution < 1.29 is 9.53 Å². The Hall–Kier alpha value is -2.08. The molecule has 0 aliphatic heterocycles. The second kappa shape index (κ2) is 6.38. The Balaban J connectivity index is 2.06. The first-order chi connectivity index (χ1) is 9.62. The Labute approximate surface area is 121 Å². The van der Waals surface area contributed by atoms with E-state index in [1.165, 1.54) is 18.4 Å². The summed E-state index contributed by atoms with van der Waals surface area (Å²) in [6.45, 7) is 2.07. The molecule has 0 aliphatic rings. The highest BCUT2D eigenvalue weighted by atomic mass is 32.1. The first kappa shape index (κ1) is 14.3. The summed E-state index contributed by atoms with van der Waals surface area (Å²) >= 11 is 1.44. The Kier molecular flexibility index (Phi) is 4.57. The minimum absolute atomic E-state index is 0.186. The Morgan fingerprint density at radius 3 is 2.95 bits per heavy atom. The minimum atomic E-state index is -0.293. The zero-order valence-electron chi connectivity index (χ0n) is 11.5. The van der Waals surface area contributed by atoms with Crippen molar-refractivity contribution in [1.29, 1.82) is 0 Å². The van der Waals surface area contributed by atoms with E-state index in [0.717, 1.165) is 28.5 Å². The van der Waals surface area contributed by atoms with Gasteiger partial charge in [0, 0.05) is 16.8 Å². The summed E-state index contributed by atoms with van der Waals surface area (Å²) in [5.41, 5.74) is 9.43. The van der Waals surface area contributed by atoms with Gasteiger partial charge in [0.2, 0.25) is 0 Å². The number of rotatable bonds is 5. The van der Waals surface area contributed by atoms with Crippen LogP contribution >= 0.6 is 11.3 Å². The molecule has 2 rings (SSSR count). The van der Waals surface area contributed by atoms with Crippen LogP contribution in [-0.2, 0) is 22.4 Å². The molecule has 5 nitrogen and oxygen atoms in total. The summed E-state index contributed by atoms with van der Waals surface area (Å²) in [6.07, 6.45) is 1.10. The summed E-state index contributed by atoms with van der Waals surface area (Å²) in [5.74, 6) is -0.293. The van der Waals surface area contributed by atoms with Crippen LogP contribution < -0.4 is 11.1 Å². The summed E-state index contributed by atoms with van der Waals surface area (Å²) in [6, 6.07) is 5.86. The molecule has 1 heterocycles. The number of nitrogens with zero attached hydrogens (tertiary/aromatic N) is 1. The normalized spacial score (nSPS) is 10.3. The molecule has 0 saturated heterocycles. The minimum Gasteiger partial charge on any atom is -0.469 e. The largest absolute Gasteiger partial charge is 0.469 e. The zero-order chi connectivity index (χ0) is 14.5. The fraction of sp³-hybridized carbons (Fsp3) is 0.286. The van der Waals surface area contributed by atoms with Gasteiger partial charge in [0.1, 0.15) is 0 Å². The SMILES string of the molecule is CCc1ccc(Nc2nc(CC(=O)OC)cs2)cc1N. The van der Waals surface area contributed by atoms with Gasteiger partial charge in [-0.15, -0.1) is 11.3 Å². The molecule has 0 unspecified atom stereocenters. The number of thiazole rings is 1. The molecule has 6 heteroatoms. The molecule has 0 atom stereocenters. The van der Waals surface area contributed by atoms with Crippen molar-refractivity contribution >= 4 is 33.8 Å². The number of carbonyl (C=O) groups excluding carboxylic acids is 1. The van der Waals surface area contributed by atoms with Gasteiger partial charge in [0.25, 0.3) is 0 Å². The number of carbonyl (C=O) groups is 1. The van der Waals surface area contributed by atoms with Crippen LogP contribution in [0.5, 0.6) is 0 Å². The van der Waals surface area contributed by atoms with Crippen LogP contribution in [0, 0.1) is 0 Å². The molecule has 1 aromatic carbocycles. The number of aryl methyl sites for hydroxylation is 1. The Morgan fingerprint density at radius 1 is 1.50 bits per heavy atom. The summed E-state index contributed by atoms with van der Waals surface area (Å²) in [5, 5.41) is 5.75. The first-order valence-corrected chi connectivity index (χ1v) is 7.17. The van der Waals surface area contributed by atoms with Gasteiger partial charge in [-0.1, -0.05) is 13.0 Å². The van der Waals surface area contributed by atoms with E-state index in [2.05, 4.69) is 22.0 Å². The van der Waals surface area contributed by atoms with Crippen LogP contribution in [0.2, 0.25) is 0 Å². The molecule has 0 spiro atoms. The topological polar surface area (TPSA) is 77.2 Å². The number of ether oxygens (including phenoxy) is 1. The third-order valence-corrected chi connectivity index (χ3v) is 3.69. The highest BCUT2D eigenvalue weighted by Crippen LogP contribution is 2.24. The van der Waals surface area contributed by atoms with Gasteiger partial charge in [0.15, 0.2) is 5.13 Å². The zero-order valence-corrected chi connectivity index (χ0v) is 12.3. The van der Waals surface area contributed by atoms with Gasteiger partial charge in [0.05, 0.1) is 19.2 Å². The quantitative estimate of drug-likeness (QED) is 0.654. The number of nitrogen functional groups attached to an aromatic ring is 1. The van der Waals surface area contributed by atoms with Crippen LogP contribution in [0.15, 0.2) is 23.6 Å². The van der Waals surface area contributed by atoms with Crippen molar-refractivity contribution in [3.63, 3.8) is 0 Å². The maximum Gasteiger partial charge on any atom is 0.311 e. The molecular weight excluding hydrogens is 274 g/mol. The van der Waals surface area contributed by atoms with Crippen LogP contribution in [0.25, 0.3) is 0 Å². The first-order valence-electron chi connectivity index (χ1n) is 6.29. The molecule has 106 valence electrons. The molecule has 0 aliphatic carbocycles. The maximum atomic E-state index is 11.2. The van der Waals surface area contributed by atoms with E-state index in [-0.39, 0.29) is 12.4 Å². The number of nitrogens with two attached hydrogens (primary N) is 1. The number of hydrogen-bond donors (Lipinski definition) is 2. The molecule has 0 saturated carbocycles. The van der Waals surface area contributed by atoms with Crippen molar-refractivity contribution in [3.05, 3.63) is 34.8 Å². The Morgan fingerprint density at radius 2 is 2.30 bits per heavy atom. The molecule has 3 N–H and O–H groups in total. The lowest BCUT2D eigenvalue weighted by Crippen LogP contribution is -2.04. The molecule has 0 fully saturated rings. The van der Waals surface area contributed by atoms with Gasteiger partial charge < -0.3 is 15.8 Å². The Bertz CT molecular complexity index is 610. The number of aromatic nitrogens is 1. The average molecular weight is 291 g/mol. The standard InChI is InChI=1S/C14H17N3O2S/c1-3-9-4-5-10(6-12(9)15)16-14-17-11(8-20-14)7-13(18)19-2/h4-6,8H,3,7,15H2,1-2H3,(H,16,17). The number of methoxy groups -OCH3 is 1. The lowest BCUT2D eigenvalue weighted by atomic mass is 10.1. The molecule has 0 bridgehead atoms. The van der Waals surface area contributed by atoms with Crippen LogP contribution in [-0.4, -0.2) is 18.1 Å². The second-order valence-corrected chi connectivity index (χ2v) is 5.15. The van der Waals surface area contributed by atoms with Crippen LogP contribution in [0.3, 0.4) is 0 Å². The van der Waals surface area contributed by atoms with E-state index < -0.39 is 0 Å². The van der Waals surface area contributed by atoms with Gasteiger partial charge in [-0.05, 0) is 24.1 Å². The number of benzene rings is 1. The fourth-order valence-corrected chi connectivity index (χ4v) is 2.51. The van der Waals surface area contributed by atoms with Gasteiger partial charge in [-0.25, -0.2) is 4.98 Å². The smallest absolute Gasteiger partial charge is 0.311 e. The molecule has 0 amide bonds. The molecular formula is C14H17N3O2S. The van der Waals surface area contributed by atoms with Crippen LogP contribution in [0.4, 0.5) is 16.5 Å². The van der Waals surface area contributed by atoms with E-state index in [4.69, 9.17) is 5.73 Å². The van der Waals surface area contributed by atoms with Gasteiger partial charge >= 0.3 is 5.97 Å². The number of esters is 1. The summed E-state index contributed by atoms with van der Waals surface area (Å²) in [4.78, 5) is 15.5. The van der Waals surface area contributed by atoms with Crippen molar-refractivity contribution in [2.24, 2.45) is 0 Å². The van der Waals surface area contributed by atoms with Gasteiger partial charge in [-0.3, -0.25) is 4.79 Å². The van der Waals surface area contributed by atoms with Crippen molar-refractivity contribution in [2.75, 3.05) is 18.2 Å². The highest BCUT2D eigenvalue weighted by Gasteiger charge is 2.08. The van der Waals surface area contributed by atoms with E-state index in [1.807, 2.05) is 23.6 Å². The number of nitrogens with one attached hydrogen (secondary N) is 1. The molecule has 1 aromatic heterocycles. The monoisotopic (exact) mass is 291 g/mol. The lowest BCUT2D eigenvalue weighted by molar-refractivity contribution is -0.139. The highest BCUT2D eigenvalue weighted by molar-refractivity contribution is 7.13. The molecule has 20 heavy (non-hydrogen) atoms. The lowest BCUT2D eigenvalue weighted by Gasteiger charge is -2.07.